The largest absolute Gasteiger partial charge is 0.382 e. The van der Waals surface area contributed by atoms with Gasteiger partial charge in [0, 0.05) is 50.8 Å². The molecule has 1 aliphatic heterocycles. The van der Waals surface area contributed by atoms with E-state index in [1.807, 2.05) is 49.4 Å². The molecule has 0 saturated carbocycles. The highest BCUT2D eigenvalue weighted by Crippen LogP contribution is 2.27. The van der Waals surface area contributed by atoms with Gasteiger partial charge in [0.2, 0.25) is 0 Å². The first-order valence-corrected chi connectivity index (χ1v) is 11.0. The predicted molar refractivity (Wildman–Crippen MR) is 124 cm³/mol. The zero-order valence-corrected chi connectivity index (χ0v) is 18.2. The number of hydrogen-bond donors (Lipinski definition) is 3. The van der Waals surface area contributed by atoms with Gasteiger partial charge in [-0.3, -0.25) is 4.79 Å². The van der Waals surface area contributed by atoms with Gasteiger partial charge in [0.05, 0.1) is 5.56 Å². The quantitative estimate of drug-likeness (QED) is 0.507. The first kappa shape index (κ1) is 22.6. The molecule has 1 fully saturated rings. The lowest BCUT2D eigenvalue weighted by atomic mass is 10.1. The summed E-state index contributed by atoms with van der Waals surface area (Å²) in [6, 6.07) is 15.0. The number of benzene rings is 2. The molecule has 0 aliphatic carbocycles. The fourth-order valence-electron chi connectivity index (χ4n) is 3.60. The standard InChI is InChI=1S/C24H32N4O3/c1-2-31-16-8-13-25-23(29)21-17-20(11-12-22(21)28-14-6-7-15-28)27-24(30)26-18-19-9-4-3-5-10-19/h3-5,9-12,17H,2,6-8,13-16,18H2,1H3,(H,25,29)(H2,26,27,30). The number of nitrogens with one attached hydrogen (secondary N) is 3. The van der Waals surface area contributed by atoms with Gasteiger partial charge in [-0.15, -0.1) is 0 Å². The van der Waals surface area contributed by atoms with Crippen molar-refractivity contribution in [2.45, 2.75) is 32.7 Å². The van der Waals surface area contributed by atoms with E-state index in [2.05, 4.69) is 20.9 Å². The lowest BCUT2D eigenvalue weighted by Crippen LogP contribution is -2.30. The number of anilines is 2. The number of rotatable bonds is 10. The number of nitrogens with zero attached hydrogens (tertiary/aromatic N) is 1. The zero-order valence-electron chi connectivity index (χ0n) is 18.2. The van der Waals surface area contributed by atoms with Crippen molar-refractivity contribution >= 4 is 23.3 Å². The molecule has 0 bridgehead atoms. The minimum Gasteiger partial charge on any atom is -0.382 e. The second-order valence-corrected chi connectivity index (χ2v) is 7.53. The van der Waals surface area contributed by atoms with Crippen molar-refractivity contribution in [2.75, 3.05) is 43.1 Å². The smallest absolute Gasteiger partial charge is 0.319 e. The Kier molecular flexibility index (Phi) is 8.72. The Hall–Kier alpha value is -3.06. The molecule has 1 saturated heterocycles. The summed E-state index contributed by atoms with van der Waals surface area (Å²) in [6.45, 7) is 6.12. The van der Waals surface area contributed by atoms with Crippen LogP contribution in [0.25, 0.3) is 0 Å². The van der Waals surface area contributed by atoms with Gasteiger partial charge in [0.1, 0.15) is 0 Å². The summed E-state index contributed by atoms with van der Waals surface area (Å²) in [5.74, 6) is -0.133. The minimum atomic E-state index is -0.305. The molecule has 166 valence electrons. The second-order valence-electron chi connectivity index (χ2n) is 7.53. The maximum absolute atomic E-state index is 12.9. The Balaban J connectivity index is 1.64. The van der Waals surface area contributed by atoms with E-state index < -0.39 is 0 Å². The molecule has 3 amide bonds. The number of carbonyl (C=O) groups is 2. The van der Waals surface area contributed by atoms with E-state index in [9.17, 15) is 9.59 Å². The normalized spacial score (nSPS) is 13.1. The molecule has 0 radical (unpaired) electrons. The Morgan fingerprint density at radius 2 is 1.81 bits per heavy atom. The summed E-state index contributed by atoms with van der Waals surface area (Å²) in [6.07, 6.45) is 3.01. The molecule has 7 heteroatoms. The first-order valence-electron chi connectivity index (χ1n) is 11.0. The molecule has 7 nitrogen and oxygen atoms in total. The highest BCUT2D eigenvalue weighted by atomic mass is 16.5. The molecule has 3 N–H and O–H groups in total. The number of amides is 3. The van der Waals surface area contributed by atoms with Crippen LogP contribution in [0.2, 0.25) is 0 Å². The van der Waals surface area contributed by atoms with Crippen LogP contribution in [0.5, 0.6) is 0 Å². The van der Waals surface area contributed by atoms with Gasteiger partial charge in [-0.05, 0) is 49.9 Å². The molecular weight excluding hydrogens is 392 g/mol. The van der Waals surface area contributed by atoms with E-state index in [0.717, 1.165) is 43.6 Å². The average molecular weight is 425 g/mol. The highest BCUT2D eigenvalue weighted by Gasteiger charge is 2.20. The molecule has 1 heterocycles. The second kappa shape index (κ2) is 12.0. The minimum absolute atomic E-state index is 0.133. The highest BCUT2D eigenvalue weighted by molar-refractivity contribution is 6.02. The van der Waals surface area contributed by atoms with Crippen molar-refractivity contribution in [2.24, 2.45) is 0 Å². The first-order chi connectivity index (χ1) is 15.2. The van der Waals surface area contributed by atoms with E-state index in [-0.39, 0.29) is 11.9 Å². The molecule has 0 unspecified atom stereocenters. The molecule has 3 rings (SSSR count). The third kappa shape index (κ3) is 7.00. The van der Waals surface area contributed by atoms with Crippen LogP contribution in [0.4, 0.5) is 16.2 Å². The molecule has 31 heavy (non-hydrogen) atoms. The van der Waals surface area contributed by atoms with Crippen molar-refractivity contribution in [1.29, 1.82) is 0 Å². The van der Waals surface area contributed by atoms with Crippen LogP contribution >= 0.6 is 0 Å². The topological polar surface area (TPSA) is 82.7 Å². The van der Waals surface area contributed by atoms with Crippen LogP contribution in [0.1, 0.15) is 42.1 Å². The van der Waals surface area contributed by atoms with Gasteiger partial charge in [0.25, 0.3) is 5.91 Å². The van der Waals surface area contributed by atoms with E-state index >= 15 is 0 Å². The molecule has 2 aromatic rings. The summed E-state index contributed by atoms with van der Waals surface area (Å²) in [7, 11) is 0. The Bertz CT molecular complexity index is 851. The summed E-state index contributed by atoms with van der Waals surface area (Å²) in [4.78, 5) is 27.5. The van der Waals surface area contributed by atoms with Gasteiger partial charge in [0.15, 0.2) is 0 Å². The van der Waals surface area contributed by atoms with E-state index in [1.54, 1.807) is 6.07 Å². The fraction of sp³-hybridized carbons (Fsp3) is 0.417. The van der Waals surface area contributed by atoms with E-state index in [1.165, 1.54) is 0 Å². The summed E-state index contributed by atoms with van der Waals surface area (Å²) < 4.78 is 5.33. The number of urea groups is 1. The zero-order chi connectivity index (χ0) is 21.9. The molecule has 0 atom stereocenters. The summed E-state index contributed by atoms with van der Waals surface area (Å²) in [5, 5.41) is 8.66. The van der Waals surface area contributed by atoms with Gasteiger partial charge in [-0.2, -0.15) is 0 Å². The van der Waals surface area contributed by atoms with Gasteiger partial charge in [-0.25, -0.2) is 4.79 Å². The van der Waals surface area contributed by atoms with Crippen molar-refractivity contribution in [1.82, 2.24) is 10.6 Å². The molecule has 2 aromatic carbocycles. The van der Waals surface area contributed by atoms with Crippen molar-refractivity contribution in [3.8, 4) is 0 Å². The van der Waals surface area contributed by atoms with E-state index in [0.29, 0.717) is 37.6 Å². The molecule has 1 aliphatic rings. The van der Waals surface area contributed by atoms with Crippen LogP contribution in [0, 0.1) is 0 Å². The maximum atomic E-state index is 12.9. The lowest BCUT2D eigenvalue weighted by molar-refractivity contribution is 0.0944. The Morgan fingerprint density at radius 1 is 1.03 bits per heavy atom. The van der Waals surface area contributed by atoms with Gasteiger partial charge in [-0.1, -0.05) is 30.3 Å². The fourth-order valence-corrected chi connectivity index (χ4v) is 3.60. The van der Waals surface area contributed by atoms with Crippen LogP contribution in [0.3, 0.4) is 0 Å². The van der Waals surface area contributed by atoms with Crippen molar-refractivity contribution < 1.29 is 14.3 Å². The SMILES string of the molecule is CCOCCCNC(=O)c1cc(NC(=O)NCc2ccccc2)ccc1N1CCCC1. The predicted octanol–water partition coefficient (Wildman–Crippen LogP) is 3.76. The van der Waals surface area contributed by atoms with Crippen LogP contribution in [0.15, 0.2) is 48.5 Å². The summed E-state index contributed by atoms with van der Waals surface area (Å²) >= 11 is 0. The average Bonchev–Trinajstić information content (AvgIpc) is 3.33. The van der Waals surface area contributed by atoms with Crippen molar-refractivity contribution in [3.05, 3.63) is 59.7 Å². The Morgan fingerprint density at radius 3 is 2.55 bits per heavy atom. The van der Waals surface area contributed by atoms with Crippen LogP contribution in [-0.4, -0.2) is 44.8 Å². The third-order valence-corrected chi connectivity index (χ3v) is 5.20. The van der Waals surface area contributed by atoms with E-state index in [4.69, 9.17) is 4.74 Å². The Labute approximate surface area is 184 Å². The number of hydrogen-bond acceptors (Lipinski definition) is 4. The third-order valence-electron chi connectivity index (χ3n) is 5.20. The van der Waals surface area contributed by atoms with Gasteiger partial charge < -0.3 is 25.6 Å². The van der Waals surface area contributed by atoms with Gasteiger partial charge >= 0.3 is 6.03 Å². The number of carbonyl (C=O) groups excluding carboxylic acids is 2. The number of ether oxygens (including phenoxy) is 1. The summed E-state index contributed by atoms with van der Waals surface area (Å²) in [5.41, 5.74) is 3.11. The monoisotopic (exact) mass is 424 g/mol. The molecule has 0 spiro atoms. The molecule has 0 aromatic heterocycles. The van der Waals surface area contributed by atoms with Crippen LogP contribution < -0.4 is 20.9 Å². The molecular formula is C24H32N4O3. The maximum Gasteiger partial charge on any atom is 0.319 e. The van der Waals surface area contributed by atoms with Crippen molar-refractivity contribution in [3.63, 3.8) is 0 Å². The van der Waals surface area contributed by atoms with Crippen LogP contribution in [-0.2, 0) is 11.3 Å². The lowest BCUT2D eigenvalue weighted by Gasteiger charge is -2.22.